The van der Waals surface area contributed by atoms with E-state index in [-0.39, 0.29) is 0 Å². The molecule has 0 aromatic heterocycles. The second-order valence-electron chi connectivity index (χ2n) is 4.60. The van der Waals surface area contributed by atoms with Gasteiger partial charge in [0.25, 0.3) is 0 Å². The first-order valence-electron chi connectivity index (χ1n) is 6.63. The zero-order valence-corrected chi connectivity index (χ0v) is 14.6. The van der Waals surface area contributed by atoms with Crippen molar-refractivity contribution in [3.63, 3.8) is 0 Å². The highest BCUT2D eigenvalue weighted by Crippen LogP contribution is 2.18. The molecule has 108 valence electrons. The summed E-state index contributed by atoms with van der Waals surface area (Å²) in [7, 11) is 1.72. The van der Waals surface area contributed by atoms with Gasteiger partial charge in [-0.3, -0.25) is 0 Å². The lowest BCUT2D eigenvalue weighted by Gasteiger charge is -2.14. The maximum Gasteiger partial charge on any atom is 0.0487 e. The zero-order valence-electron chi connectivity index (χ0n) is 11.4. The molecule has 0 amide bonds. The average molecular weight is 394 g/mol. The van der Waals surface area contributed by atoms with Gasteiger partial charge < -0.3 is 9.47 Å². The van der Waals surface area contributed by atoms with Crippen LogP contribution in [0.2, 0.25) is 0 Å². The quantitative estimate of drug-likeness (QED) is 0.432. The SMILES string of the molecule is COCCCOCCC(CBr)Cc1cccc(Br)c1. The monoisotopic (exact) mass is 392 g/mol. The van der Waals surface area contributed by atoms with Crippen molar-refractivity contribution >= 4 is 31.9 Å². The van der Waals surface area contributed by atoms with Gasteiger partial charge in [-0.05, 0) is 42.9 Å². The number of rotatable bonds is 10. The number of hydrogen-bond acceptors (Lipinski definition) is 2. The van der Waals surface area contributed by atoms with Crippen molar-refractivity contribution in [2.45, 2.75) is 19.3 Å². The molecule has 0 fully saturated rings. The molecule has 0 aliphatic carbocycles. The summed E-state index contributed by atoms with van der Waals surface area (Å²) >= 11 is 7.11. The molecule has 0 aliphatic heterocycles. The van der Waals surface area contributed by atoms with Crippen LogP contribution in [-0.4, -0.2) is 32.3 Å². The second kappa shape index (κ2) is 10.8. The van der Waals surface area contributed by atoms with E-state index in [0.29, 0.717) is 5.92 Å². The van der Waals surface area contributed by atoms with Crippen molar-refractivity contribution in [3.8, 4) is 0 Å². The average Bonchev–Trinajstić information content (AvgIpc) is 2.41. The number of hydrogen-bond donors (Lipinski definition) is 0. The molecule has 0 spiro atoms. The Labute approximate surface area is 133 Å². The molecule has 1 aromatic rings. The molecule has 0 aliphatic rings. The first-order chi connectivity index (χ1) is 9.26. The molecule has 0 saturated heterocycles. The van der Waals surface area contributed by atoms with Crippen LogP contribution >= 0.6 is 31.9 Å². The number of ether oxygens (including phenoxy) is 2. The number of alkyl halides is 1. The van der Waals surface area contributed by atoms with Crippen LogP contribution in [0.15, 0.2) is 28.7 Å². The van der Waals surface area contributed by atoms with Gasteiger partial charge in [0, 0.05) is 36.7 Å². The highest BCUT2D eigenvalue weighted by Gasteiger charge is 2.08. The van der Waals surface area contributed by atoms with E-state index in [1.165, 1.54) is 5.56 Å². The van der Waals surface area contributed by atoms with Crippen LogP contribution in [0, 0.1) is 5.92 Å². The Hall–Kier alpha value is 0.1000. The standard InChI is InChI=1S/C15H22Br2O2/c1-18-7-3-8-19-9-6-14(12-16)10-13-4-2-5-15(17)11-13/h2,4-5,11,14H,3,6-10,12H2,1H3. The largest absolute Gasteiger partial charge is 0.385 e. The van der Waals surface area contributed by atoms with E-state index in [4.69, 9.17) is 9.47 Å². The van der Waals surface area contributed by atoms with E-state index in [9.17, 15) is 0 Å². The minimum atomic E-state index is 0.622. The predicted octanol–water partition coefficient (Wildman–Crippen LogP) is 4.45. The third-order valence-electron chi connectivity index (χ3n) is 2.94. The Morgan fingerprint density at radius 3 is 2.74 bits per heavy atom. The van der Waals surface area contributed by atoms with Crippen LogP contribution < -0.4 is 0 Å². The molecule has 0 bridgehead atoms. The Morgan fingerprint density at radius 2 is 2.05 bits per heavy atom. The number of halogens is 2. The van der Waals surface area contributed by atoms with Gasteiger partial charge in [0.2, 0.25) is 0 Å². The maximum atomic E-state index is 5.62. The topological polar surface area (TPSA) is 18.5 Å². The molecule has 1 unspecified atom stereocenters. The minimum absolute atomic E-state index is 0.622. The van der Waals surface area contributed by atoms with Crippen molar-refractivity contribution in [1.29, 1.82) is 0 Å². The van der Waals surface area contributed by atoms with Gasteiger partial charge in [0.1, 0.15) is 0 Å². The smallest absolute Gasteiger partial charge is 0.0487 e. The van der Waals surface area contributed by atoms with Crippen molar-refractivity contribution in [1.82, 2.24) is 0 Å². The molecule has 0 saturated carbocycles. The van der Waals surface area contributed by atoms with Gasteiger partial charge in [-0.2, -0.15) is 0 Å². The van der Waals surface area contributed by atoms with Crippen LogP contribution in [0.3, 0.4) is 0 Å². The van der Waals surface area contributed by atoms with Gasteiger partial charge in [0.05, 0.1) is 0 Å². The summed E-state index contributed by atoms with van der Waals surface area (Å²) in [6.07, 6.45) is 3.15. The lowest BCUT2D eigenvalue weighted by Crippen LogP contribution is -2.11. The molecular weight excluding hydrogens is 372 g/mol. The molecule has 0 N–H and O–H groups in total. The Morgan fingerprint density at radius 1 is 1.21 bits per heavy atom. The first-order valence-corrected chi connectivity index (χ1v) is 8.54. The van der Waals surface area contributed by atoms with Gasteiger partial charge >= 0.3 is 0 Å². The maximum absolute atomic E-state index is 5.62. The molecule has 2 nitrogen and oxygen atoms in total. The van der Waals surface area contributed by atoms with Gasteiger partial charge in [0.15, 0.2) is 0 Å². The fourth-order valence-corrected chi connectivity index (χ4v) is 2.89. The molecular formula is C15H22Br2O2. The fourth-order valence-electron chi connectivity index (χ4n) is 1.89. The third-order valence-corrected chi connectivity index (χ3v) is 4.35. The van der Waals surface area contributed by atoms with E-state index in [2.05, 4.69) is 56.1 Å². The molecule has 0 radical (unpaired) electrons. The lowest BCUT2D eigenvalue weighted by atomic mass is 9.98. The highest BCUT2D eigenvalue weighted by atomic mass is 79.9. The Bertz CT molecular complexity index is 345. The third kappa shape index (κ3) is 8.08. The Kier molecular flexibility index (Phi) is 9.78. The van der Waals surface area contributed by atoms with Crippen molar-refractivity contribution in [2.24, 2.45) is 5.92 Å². The summed E-state index contributed by atoms with van der Waals surface area (Å²) in [5.41, 5.74) is 1.37. The molecule has 4 heteroatoms. The summed E-state index contributed by atoms with van der Waals surface area (Å²) in [5, 5.41) is 1.01. The lowest BCUT2D eigenvalue weighted by molar-refractivity contribution is 0.0953. The Balaban J connectivity index is 2.22. The zero-order chi connectivity index (χ0) is 13.9. The summed E-state index contributed by atoms with van der Waals surface area (Å²) in [5.74, 6) is 0.622. The van der Waals surface area contributed by atoms with Crippen molar-refractivity contribution in [3.05, 3.63) is 34.3 Å². The van der Waals surface area contributed by atoms with Crippen LogP contribution in [0.1, 0.15) is 18.4 Å². The van der Waals surface area contributed by atoms with E-state index >= 15 is 0 Å². The fraction of sp³-hybridized carbons (Fsp3) is 0.600. The number of methoxy groups -OCH3 is 1. The van der Waals surface area contributed by atoms with Crippen LogP contribution in [-0.2, 0) is 15.9 Å². The van der Waals surface area contributed by atoms with E-state index in [1.807, 2.05) is 0 Å². The van der Waals surface area contributed by atoms with Gasteiger partial charge in [-0.15, -0.1) is 0 Å². The molecule has 1 atom stereocenters. The summed E-state index contributed by atoms with van der Waals surface area (Å²) in [6.45, 7) is 2.40. The molecule has 19 heavy (non-hydrogen) atoms. The highest BCUT2D eigenvalue weighted by molar-refractivity contribution is 9.10. The number of benzene rings is 1. The summed E-state index contributed by atoms with van der Waals surface area (Å²) in [6, 6.07) is 8.52. The van der Waals surface area contributed by atoms with Crippen LogP contribution in [0.25, 0.3) is 0 Å². The molecule has 0 heterocycles. The van der Waals surface area contributed by atoms with Crippen molar-refractivity contribution in [2.75, 3.05) is 32.3 Å². The van der Waals surface area contributed by atoms with E-state index < -0.39 is 0 Å². The van der Waals surface area contributed by atoms with Gasteiger partial charge in [-0.1, -0.05) is 44.0 Å². The van der Waals surface area contributed by atoms with Crippen molar-refractivity contribution < 1.29 is 9.47 Å². The summed E-state index contributed by atoms with van der Waals surface area (Å²) in [4.78, 5) is 0. The first kappa shape index (κ1) is 17.2. The molecule has 1 aromatic carbocycles. The second-order valence-corrected chi connectivity index (χ2v) is 6.16. The van der Waals surface area contributed by atoms with E-state index in [1.54, 1.807) is 7.11 Å². The van der Waals surface area contributed by atoms with Crippen LogP contribution in [0.5, 0.6) is 0 Å². The molecule has 1 rings (SSSR count). The normalized spacial score (nSPS) is 12.6. The van der Waals surface area contributed by atoms with Gasteiger partial charge in [-0.25, -0.2) is 0 Å². The predicted molar refractivity (Wildman–Crippen MR) is 87.1 cm³/mol. The van der Waals surface area contributed by atoms with Crippen LogP contribution in [0.4, 0.5) is 0 Å². The van der Waals surface area contributed by atoms with E-state index in [0.717, 1.165) is 48.9 Å². The minimum Gasteiger partial charge on any atom is -0.385 e. The summed E-state index contributed by atoms with van der Waals surface area (Å²) < 4.78 is 11.8.